The summed E-state index contributed by atoms with van der Waals surface area (Å²) in [7, 11) is 1.64. The molecule has 0 aliphatic carbocycles. The maximum Gasteiger partial charge on any atom is 0.123 e. The van der Waals surface area contributed by atoms with Crippen molar-refractivity contribution in [3.63, 3.8) is 0 Å². The third-order valence-corrected chi connectivity index (χ3v) is 2.73. The molecule has 0 spiro atoms. The number of aromatic nitrogens is 1. The number of hydrogen-bond donors (Lipinski definition) is 1. The van der Waals surface area contributed by atoms with Crippen LogP contribution in [0.5, 0.6) is 11.5 Å². The Morgan fingerprint density at radius 3 is 2.84 bits per heavy atom. The van der Waals surface area contributed by atoms with Gasteiger partial charge in [0.25, 0.3) is 0 Å². The molecule has 0 amide bonds. The van der Waals surface area contributed by atoms with E-state index in [2.05, 4.69) is 4.98 Å². The summed E-state index contributed by atoms with van der Waals surface area (Å²) in [4.78, 5) is 4.31. The topological polar surface area (TPSA) is 57.4 Å². The van der Waals surface area contributed by atoms with E-state index in [1.54, 1.807) is 25.4 Å². The van der Waals surface area contributed by atoms with Gasteiger partial charge in [0, 0.05) is 12.3 Å². The molecule has 1 heterocycles. The zero-order chi connectivity index (χ0) is 13.7. The zero-order valence-electron chi connectivity index (χ0n) is 10.5. The molecule has 1 aromatic carbocycles. The minimum Gasteiger partial charge on any atom is -0.497 e. The van der Waals surface area contributed by atoms with E-state index in [1.165, 1.54) is 0 Å². The summed E-state index contributed by atoms with van der Waals surface area (Å²) < 4.78 is 10.8. The van der Waals surface area contributed by atoms with Crippen LogP contribution in [0.25, 0.3) is 0 Å². The summed E-state index contributed by atoms with van der Waals surface area (Å²) in [5.41, 5.74) is 7.10. The second-order valence-corrected chi connectivity index (χ2v) is 4.32. The van der Waals surface area contributed by atoms with Gasteiger partial charge in [-0.25, -0.2) is 0 Å². The molecule has 0 aliphatic rings. The fourth-order valence-electron chi connectivity index (χ4n) is 1.56. The average molecular weight is 274 g/mol. The molecule has 2 rings (SSSR count). The monoisotopic (exact) mass is 274 g/mol. The number of ether oxygens (including phenoxy) is 2. The molecule has 2 N–H and O–H groups in total. The lowest BCUT2D eigenvalue weighted by Gasteiger charge is -2.08. The minimum absolute atomic E-state index is 0.256. The molecule has 5 heteroatoms. The van der Waals surface area contributed by atoms with Crippen molar-refractivity contribution >= 4 is 17.2 Å². The van der Waals surface area contributed by atoms with E-state index >= 15 is 0 Å². The largest absolute Gasteiger partial charge is 0.497 e. The highest BCUT2D eigenvalue weighted by atomic mass is 32.1. The molecule has 1 aromatic heterocycles. The summed E-state index contributed by atoms with van der Waals surface area (Å²) in [5.74, 6) is 1.49. The summed E-state index contributed by atoms with van der Waals surface area (Å²) in [6.45, 7) is 0.442. The highest BCUT2D eigenvalue weighted by Gasteiger charge is 2.02. The zero-order valence-corrected chi connectivity index (χ0v) is 11.3. The maximum absolute atomic E-state index is 5.67. The number of nitrogens with zero attached hydrogens (tertiary/aromatic N) is 1. The summed E-state index contributed by atoms with van der Waals surface area (Å²) in [6, 6.07) is 11.2. The van der Waals surface area contributed by atoms with Gasteiger partial charge in [0.05, 0.1) is 7.11 Å². The molecule has 0 radical (unpaired) electrons. The lowest BCUT2D eigenvalue weighted by atomic mass is 10.2. The lowest BCUT2D eigenvalue weighted by Crippen LogP contribution is -2.11. The van der Waals surface area contributed by atoms with Gasteiger partial charge in [0.1, 0.15) is 28.8 Å². The quantitative estimate of drug-likeness (QED) is 0.848. The fraction of sp³-hybridized carbons (Fsp3) is 0.143. The van der Waals surface area contributed by atoms with E-state index in [-0.39, 0.29) is 4.99 Å². The van der Waals surface area contributed by atoms with E-state index in [0.717, 1.165) is 11.3 Å². The summed E-state index contributed by atoms with van der Waals surface area (Å²) in [5, 5.41) is 0. The van der Waals surface area contributed by atoms with Crippen LogP contribution in [0.15, 0.2) is 42.6 Å². The molecule has 0 saturated carbocycles. The highest BCUT2D eigenvalue weighted by Crippen LogP contribution is 2.16. The third kappa shape index (κ3) is 3.66. The number of pyridine rings is 1. The Hall–Kier alpha value is -2.14. The maximum atomic E-state index is 5.67. The predicted molar refractivity (Wildman–Crippen MR) is 77.5 cm³/mol. The van der Waals surface area contributed by atoms with Gasteiger partial charge in [-0.05, 0) is 23.8 Å². The van der Waals surface area contributed by atoms with Crippen molar-refractivity contribution in [2.75, 3.05) is 7.11 Å². The molecule has 0 unspecified atom stereocenters. The van der Waals surface area contributed by atoms with Crippen molar-refractivity contribution in [1.82, 2.24) is 4.98 Å². The van der Waals surface area contributed by atoms with Crippen LogP contribution in [0.3, 0.4) is 0 Å². The number of rotatable bonds is 5. The van der Waals surface area contributed by atoms with Crippen LogP contribution >= 0.6 is 12.2 Å². The molecular weight excluding hydrogens is 260 g/mol. The van der Waals surface area contributed by atoms with Gasteiger partial charge in [-0.15, -0.1) is 0 Å². The standard InChI is InChI=1S/C14H14N2O2S/c1-17-11-4-2-3-10(7-11)9-18-12-5-6-16-13(8-12)14(15)19/h2-8H,9H2,1H3,(H2,15,19). The molecule has 2 aromatic rings. The van der Waals surface area contributed by atoms with Crippen molar-refractivity contribution in [1.29, 1.82) is 0 Å². The van der Waals surface area contributed by atoms with Gasteiger partial charge in [0.15, 0.2) is 0 Å². The smallest absolute Gasteiger partial charge is 0.123 e. The molecule has 0 bridgehead atoms. The predicted octanol–water partition coefficient (Wildman–Crippen LogP) is 2.30. The van der Waals surface area contributed by atoms with E-state index in [4.69, 9.17) is 27.4 Å². The minimum atomic E-state index is 0.256. The van der Waals surface area contributed by atoms with E-state index in [1.807, 2.05) is 24.3 Å². The number of hydrogen-bond acceptors (Lipinski definition) is 4. The second kappa shape index (κ2) is 6.15. The van der Waals surface area contributed by atoms with Crippen molar-refractivity contribution in [3.8, 4) is 11.5 Å². The normalized spacial score (nSPS) is 9.95. The molecule has 98 valence electrons. The van der Waals surface area contributed by atoms with Gasteiger partial charge in [0.2, 0.25) is 0 Å². The first-order valence-electron chi connectivity index (χ1n) is 5.70. The molecule has 4 nitrogen and oxygen atoms in total. The number of benzene rings is 1. The summed E-state index contributed by atoms with van der Waals surface area (Å²) >= 11 is 4.88. The van der Waals surface area contributed by atoms with Crippen LogP contribution in [0.1, 0.15) is 11.3 Å². The van der Waals surface area contributed by atoms with Crippen LogP contribution in [0, 0.1) is 0 Å². The number of thiocarbonyl (C=S) groups is 1. The van der Waals surface area contributed by atoms with Crippen molar-refractivity contribution in [2.45, 2.75) is 6.61 Å². The molecule has 0 aliphatic heterocycles. The number of methoxy groups -OCH3 is 1. The Labute approximate surface area is 117 Å². The third-order valence-electron chi connectivity index (χ3n) is 2.52. The molecule has 0 fully saturated rings. The van der Waals surface area contributed by atoms with E-state index in [0.29, 0.717) is 18.1 Å². The van der Waals surface area contributed by atoms with Gasteiger partial charge in [-0.2, -0.15) is 0 Å². The van der Waals surface area contributed by atoms with Crippen molar-refractivity contribution < 1.29 is 9.47 Å². The van der Waals surface area contributed by atoms with Crippen LogP contribution < -0.4 is 15.2 Å². The van der Waals surface area contributed by atoms with Crippen molar-refractivity contribution in [3.05, 3.63) is 53.9 Å². The first kappa shape index (κ1) is 13.3. The Bertz CT molecular complexity index is 587. The molecule has 19 heavy (non-hydrogen) atoms. The summed E-state index contributed by atoms with van der Waals surface area (Å²) in [6.07, 6.45) is 1.62. The fourth-order valence-corrected chi connectivity index (χ4v) is 1.68. The van der Waals surface area contributed by atoms with Crippen LogP contribution in [-0.2, 0) is 6.61 Å². The van der Waals surface area contributed by atoms with Crippen LogP contribution in [-0.4, -0.2) is 17.1 Å². The van der Waals surface area contributed by atoms with Crippen LogP contribution in [0.2, 0.25) is 0 Å². The lowest BCUT2D eigenvalue weighted by molar-refractivity contribution is 0.305. The second-order valence-electron chi connectivity index (χ2n) is 3.88. The van der Waals surface area contributed by atoms with Crippen molar-refractivity contribution in [2.24, 2.45) is 5.73 Å². The first-order chi connectivity index (χ1) is 9.19. The Kier molecular flexibility index (Phi) is 4.30. The van der Waals surface area contributed by atoms with Gasteiger partial charge < -0.3 is 15.2 Å². The highest BCUT2D eigenvalue weighted by molar-refractivity contribution is 7.80. The van der Waals surface area contributed by atoms with Gasteiger partial charge in [-0.3, -0.25) is 4.98 Å². The Morgan fingerprint density at radius 2 is 2.11 bits per heavy atom. The number of nitrogens with two attached hydrogens (primary N) is 1. The van der Waals surface area contributed by atoms with Gasteiger partial charge in [-0.1, -0.05) is 24.4 Å². The van der Waals surface area contributed by atoms with Gasteiger partial charge >= 0.3 is 0 Å². The van der Waals surface area contributed by atoms with E-state index < -0.39 is 0 Å². The molecular formula is C14H14N2O2S. The molecule has 0 saturated heterocycles. The molecule has 0 atom stereocenters. The van der Waals surface area contributed by atoms with Crippen LogP contribution in [0.4, 0.5) is 0 Å². The average Bonchev–Trinajstić information content (AvgIpc) is 2.45. The Morgan fingerprint density at radius 1 is 1.26 bits per heavy atom. The first-order valence-corrected chi connectivity index (χ1v) is 6.11. The van der Waals surface area contributed by atoms with E-state index in [9.17, 15) is 0 Å². The Balaban J connectivity index is 2.05. The SMILES string of the molecule is COc1cccc(COc2ccnc(C(N)=S)c2)c1.